The van der Waals surface area contributed by atoms with E-state index < -0.39 is 5.97 Å². The number of carboxylic acid groups (broad SMARTS) is 1. The number of phenols is 1. The van der Waals surface area contributed by atoms with E-state index in [2.05, 4.69) is 5.32 Å². The predicted octanol–water partition coefficient (Wildman–Crippen LogP) is 2.89. The first-order valence-corrected chi connectivity index (χ1v) is 7.05. The summed E-state index contributed by atoms with van der Waals surface area (Å²) in [5.41, 5.74) is 0.132. The van der Waals surface area contributed by atoms with Gasteiger partial charge in [-0.25, -0.2) is 9.59 Å². The van der Waals surface area contributed by atoms with Crippen LogP contribution in [0.2, 0.25) is 0 Å². The Kier molecular flexibility index (Phi) is 4.35. The van der Waals surface area contributed by atoms with E-state index in [0.717, 1.165) is 19.3 Å². The number of amides is 2. The van der Waals surface area contributed by atoms with E-state index in [1.807, 2.05) is 13.8 Å². The normalized spacial score (nSPS) is 21.9. The van der Waals surface area contributed by atoms with E-state index in [-0.39, 0.29) is 29.4 Å². The van der Waals surface area contributed by atoms with Crippen LogP contribution < -0.4 is 5.32 Å². The molecule has 1 aromatic carbocycles. The zero-order chi connectivity index (χ0) is 15.6. The quantitative estimate of drug-likeness (QED) is 0.731. The Morgan fingerprint density at radius 3 is 2.43 bits per heavy atom. The van der Waals surface area contributed by atoms with Crippen LogP contribution in [-0.4, -0.2) is 39.2 Å². The highest BCUT2D eigenvalue weighted by Gasteiger charge is 2.29. The number of carboxylic acids is 1. The number of aromatic carboxylic acids is 1. The average Bonchev–Trinajstić information content (AvgIpc) is 2.40. The first kappa shape index (κ1) is 15.2. The van der Waals surface area contributed by atoms with Gasteiger partial charge in [0.1, 0.15) is 11.3 Å². The molecule has 0 saturated carbocycles. The summed E-state index contributed by atoms with van der Waals surface area (Å²) >= 11 is 0. The summed E-state index contributed by atoms with van der Waals surface area (Å²) in [7, 11) is 0. The van der Waals surface area contributed by atoms with Crippen LogP contribution >= 0.6 is 0 Å². The van der Waals surface area contributed by atoms with Crippen LogP contribution in [0, 0.1) is 0 Å². The number of hydrogen-bond acceptors (Lipinski definition) is 3. The highest BCUT2D eigenvalue weighted by atomic mass is 16.4. The van der Waals surface area contributed by atoms with Gasteiger partial charge >= 0.3 is 12.0 Å². The van der Waals surface area contributed by atoms with Gasteiger partial charge < -0.3 is 20.4 Å². The Morgan fingerprint density at radius 2 is 1.86 bits per heavy atom. The number of nitrogens with zero attached hydrogens (tertiary/aromatic N) is 1. The summed E-state index contributed by atoms with van der Waals surface area (Å²) in [6.07, 6.45) is 3.04. The van der Waals surface area contributed by atoms with E-state index in [1.165, 1.54) is 18.2 Å². The van der Waals surface area contributed by atoms with E-state index in [9.17, 15) is 14.7 Å². The van der Waals surface area contributed by atoms with Gasteiger partial charge in [0.05, 0.1) is 0 Å². The molecule has 1 aromatic rings. The number of carbonyl (C=O) groups is 2. The molecule has 1 saturated heterocycles. The number of nitrogens with one attached hydrogen (secondary N) is 1. The summed E-state index contributed by atoms with van der Waals surface area (Å²) in [6, 6.07) is 4.09. The highest BCUT2D eigenvalue weighted by Crippen LogP contribution is 2.25. The highest BCUT2D eigenvalue weighted by molar-refractivity contribution is 5.95. The van der Waals surface area contributed by atoms with Gasteiger partial charge in [0.2, 0.25) is 0 Å². The molecule has 0 spiro atoms. The number of anilines is 1. The van der Waals surface area contributed by atoms with Crippen LogP contribution in [0.1, 0.15) is 43.5 Å². The molecule has 2 amide bonds. The van der Waals surface area contributed by atoms with Crippen LogP contribution in [-0.2, 0) is 0 Å². The van der Waals surface area contributed by atoms with E-state index in [1.54, 1.807) is 4.90 Å². The molecule has 0 aliphatic carbocycles. The first-order chi connectivity index (χ1) is 9.90. The Morgan fingerprint density at radius 1 is 1.24 bits per heavy atom. The predicted molar refractivity (Wildman–Crippen MR) is 78.7 cm³/mol. The number of rotatable bonds is 2. The molecular weight excluding hydrogens is 272 g/mol. The molecule has 1 heterocycles. The van der Waals surface area contributed by atoms with Crippen molar-refractivity contribution in [3.05, 3.63) is 23.8 Å². The minimum absolute atomic E-state index is 0.157. The molecule has 0 bridgehead atoms. The fourth-order valence-corrected chi connectivity index (χ4v) is 2.79. The van der Waals surface area contributed by atoms with Crippen molar-refractivity contribution in [3.8, 4) is 5.75 Å². The monoisotopic (exact) mass is 292 g/mol. The van der Waals surface area contributed by atoms with Crippen LogP contribution in [0.3, 0.4) is 0 Å². The summed E-state index contributed by atoms with van der Waals surface area (Å²) < 4.78 is 0. The molecule has 114 valence electrons. The summed E-state index contributed by atoms with van der Waals surface area (Å²) in [4.78, 5) is 25.1. The third kappa shape index (κ3) is 3.26. The Bertz CT molecular complexity index is 549. The van der Waals surface area contributed by atoms with Crippen molar-refractivity contribution in [2.75, 3.05) is 5.32 Å². The van der Waals surface area contributed by atoms with Gasteiger partial charge in [-0.2, -0.15) is 0 Å². The molecule has 0 unspecified atom stereocenters. The summed E-state index contributed by atoms with van der Waals surface area (Å²) in [6.45, 7) is 4.02. The van der Waals surface area contributed by atoms with Gasteiger partial charge in [0.25, 0.3) is 0 Å². The van der Waals surface area contributed by atoms with Crippen molar-refractivity contribution in [2.45, 2.75) is 45.2 Å². The van der Waals surface area contributed by atoms with E-state index >= 15 is 0 Å². The maximum atomic E-state index is 12.4. The van der Waals surface area contributed by atoms with Gasteiger partial charge in [-0.1, -0.05) is 0 Å². The molecule has 21 heavy (non-hydrogen) atoms. The number of hydrogen-bond donors (Lipinski definition) is 3. The lowest BCUT2D eigenvalue weighted by atomic mass is 9.98. The molecule has 1 fully saturated rings. The molecule has 1 aliphatic rings. The standard InChI is InChI=1S/C15H20N2O4/c1-9-4-3-5-10(2)17(9)15(21)16-11-6-7-13(18)12(8-11)14(19)20/h6-10,18H,3-5H2,1-2H3,(H,16,21)(H,19,20)/t9-,10+. The average molecular weight is 292 g/mol. The molecule has 6 nitrogen and oxygen atoms in total. The minimum atomic E-state index is -1.23. The van der Waals surface area contributed by atoms with E-state index in [0.29, 0.717) is 5.69 Å². The van der Waals surface area contributed by atoms with Crippen LogP contribution in [0.4, 0.5) is 10.5 Å². The second-order valence-corrected chi connectivity index (χ2v) is 5.50. The number of likely N-dealkylation sites (tertiary alicyclic amines) is 1. The molecule has 2 atom stereocenters. The van der Waals surface area contributed by atoms with Crippen molar-refractivity contribution in [2.24, 2.45) is 0 Å². The maximum absolute atomic E-state index is 12.4. The van der Waals surface area contributed by atoms with Gasteiger partial charge in [-0.05, 0) is 51.3 Å². The summed E-state index contributed by atoms with van der Waals surface area (Å²) in [5, 5.41) is 21.1. The second kappa shape index (κ2) is 6.03. The Hall–Kier alpha value is -2.24. The summed E-state index contributed by atoms with van der Waals surface area (Å²) in [5.74, 6) is -1.55. The van der Waals surface area contributed by atoms with Gasteiger partial charge in [0, 0.05) is 17.8 Å². The van der Waals surface area contributed by atoms with Crippen molar-refractivity contribution in [1.82, 2.24) is 4.90 Å². The lowest BCUT2D eigenvalue weighted by Gasteiger charge is -2.38. The van der Waals surface area contributed by atoms with Crippen molar-refractivity contribution in [1.29, 1.82) is 0 Å². The van der Waals surface area contributed by atoms with Crippen LogP contribution in [0.5, 0.6) is 5.75 Å². The smallest absolute Gasteiger partial charge is 0.339 e. The van der Waals surface area contributed by atoms with Crippen LogP contribution in [0.15, 0.2) is 18.2 Å². The molecule has 2 rings (SSSR count). The van der Waals surface area contributed by atoms with E-state index in [4.69, 9.17) is 5.11 Å². The third-order valence-corrected chi connectivity index (χ3v) is 3.91. The first-order valence-electron chi connectivity index (χ1n) is 7.05. The molecular formula is C15H20N2O4. The van der Waals surface area contributed by atoms with Crippen molar-refractivity contribution >= 4 is 17.7 Å². The zero-order valence-corrected chi connectivity index (χ0v) is 12.2. The van der Waals surface area contributed by atoms with Crippen LogP contribution in [0.25, 0.3) is 0 Å². The zero-order valence-electron chi connectivity index (χ0n) is 12.2. The number of carbonyl (C=O) groups excluding carboxylic acids is 1. The number of piperidine rings is 1. The molecule has 6 heteroatoms. The fraction of sp³-hybridized carbons (Fsp3) is 0.467. The Labute approximate surface area is 123 Å². The number of benzene rings is 1. The lowest BCUT2D eigenvalue weighted by molar-refractivity contribution is 0.0693. The number of urea groups is 1. The topological polar surface area (TPSA) is 89.9 Å². The third-order valence-electron chi connectivity index (χ3n) is 3.91. The molecule has 1 aliphatic heterocycles. The minimum Gasteiger partial charge on any atom is -0.507 e. The number of aromatic hydroxyl groups is 1. The Balaban J connectivity index is 2.15. The van der Waals surface area contributed by atoms with Gasteiger partial charge in [-0.15, -0.1) is 0 Å². The second-order valence-electron chi connectivity index (χ2n) is 5.50. The van der Waals surface area contributed by atoms with Gasteiger partial charge in [0.15, 0.2) is 0 Å². The fourth-order valence-electron chi connectivity index (χ4n) is 2.79. The SMILES string of the molecule is C[C@@H]1CCC[C@H](C)N1C(=O)Nc1ccc(O)c(C(=O)O)c1. The molecule has 0 aromatic heterocycles. The van der Waals surface area contributed by atoms with Crippen molar-refractivity contribution < 1.29 is 19.8 Å². The van der Waals surface area contributed by atoms with Crippen molar-refractivity contribution in [3.63, 3.8) is 0 Å². The van der Waals surface area contributed by atoms with Gasteiger partial charge in [-0.3, -0.25) is 0 Å². The molecule has 3 N–H and O–H groups in total. The molecule has 0 radical (unpaired) electrons. The lowest BCUT2D eigenvalue weighted by Crippen LogP contribution is -2.49. The largest absolute Gasteiger partial charge is 0.507 e. The maximum Gasteiger partial charge on any atom is 0.339 e.